The number of aromatic nitrogens is 2. The number of rotatable bonds is 1. The molecule has 1 aliphatic rings. The van der Waals surface area contributed by atoms with Crippen LogP contribution in [-0.4, -0.2) is 15.6 Å². The third kappa shape index (κ3) is 1.39. The average Bonchev–Trinajstić information content (AvgIpc) is 2.62. The van der Waals surface area contributed by atoms with Crippen LogP contribution < -0.4 is 0 Å². The molecule has 0 aromatic carbocycles. The Bertz CT molecular complexity index is 329. The SMILES string of the molecule is CC1C(=O)CCC1c1ccn(C)n1. The number of ketones is 1. The van der Waals surface area contributed by atoms with E-state index in [4.69, 9.17) is 0 Å². The van der Waals surface area contributed by atoms with E-state index in [-0.39, 0.29) is 5.92 Å². The molecule has 1 saturated carbocycles. The van der Waals surface area contributed by atoms with Gasteiger partial charge in [-0.1, -0.05) is 6.92 Å². The topological polar surface area (TPSA) is 34.9 Å². The van der Waals surface area contributed by atoms with Gasteiger partial charge in [-0.25, -0.2) is 0 Å². The van der Waals surface area contributed by atoms with E-state index in [1.807, 2.05) is 26.2 Å². The quantitative estimate of drug-likeness (QED) is 0.653. The molecule has 0 amide bonds. The second-order valence-corrected chi connectivity index (χ2v) is 3.81. The van der Waals surface area contributed by atoms with Crippen molar-refractivity contribution in [3.63, 3.8) is 0 Å². The van der Waals surface area contributed by atoms with Crippen molar-refractivity contribution in [1.82, 2.24) is 9.78 Å². The van der Waals surface area contributed by atoms with Gasteiger partial charge in [0.2, 0.25) is 0 Å². The lowest BCUT2D eigenvalue weighted by atomic mass is 9.94. The molecule has 0 saturated heterocycles. The monoisotopic (exact) mass is 178 g/mol. The summed E-state index contributed by atoms with van der Waals surface area (Å²) in [5.74, 6) is 0.902. The van der Waals surface area contributed by atoms with Crippen LogP contribution in [0.1, 0.15) is 31.4 Å². The van der Waals surface area contributed by atoms with E-state index >= 15 is 0 Å². The molecule has 70 valence electrons. The molecule has 13 heavy (non-hydrogen) atoms. The first kappa shape index (κ1) is 8.48. The van der Waals surface area contributed by atoms with E-state index in [9.17, 15) is 4.79 Å². The Hall–Kier alpha value is -1.12. The molecular weight excluding hydrogens is 164 g/mol. The zero-order valence-corrected chi connectivity index (χ0v) is 8.03. The molecule has 0 N–H and O–H groups in total. The predicted octanol–water partition coefficient (Wildman–Crippen LogP) is 1.50. The Labute approximate surface area is 77.7 Å². The predicted molar refractivity (Wildman–Crippen MR) is 49.4 cm³/mol. The fraction of sp³-hybridized carbons (Fsp3) is 0.600. The summed E-state index contributed by atoms with van der Waals surface area (Å²) in [6, 6.07) is 2.01. The molecule has 1 aromatic heterocycles. The molecule has 0 aliphatic heterocycles. The summed E-state index contributed by atoms with van der Waals surface area (Å²) in [6.07, 6.45) is 3.63. The molecule has 0 spiro atoms. The van der Waals surface area contributed by atoms with Gasteiger partial charge in [-0.05, 0) is 12.5 Å². The summed E-state index contributed by atoms with van der Waals surface area (Å²) >= 11 is 0. The smallest absolute Gasteiger partial charge is 0.136 e. The van der Waals surface area contributed by atoms with Crippen LogP contribution in [0.15, 0.2) is 12.3 Å². The highest BCUT2D eigenvalue weighted by molar-refractivity contribution is 5.83. The van der Waals surface area contributed by atoms with Gasteiger partial charge in [-0.3, -0.25) is 9.48 Å². The van der Waals surface area contributed by atoms with Gasteiger partial charge in [-0.2, -0.15) is 5.10 Å². The zero-order valence-electron chi connectivity index (χ0n) is 8.03. The second-order valence-electron chi connectivity index (χ2n) is 3.81. The van der Waals surface area contributed by atoms with Gasteiger partial charge < -0.3 is 0 Å². The molecule has 1 fully saturated rings. The van der Waals surface area contributed by atoms with Crippen LogP contribution in [0.3, 0.4) is 0 Å². The van der Waals surface area contributed by atoms with E-state index in [1.165, 1.54) is 0 Å². The molecule has 0 bridgehead atoms. The molecule has 1 aliphatic carbocycles. The van der Waals surface area contributed by atoms with Crippen molar-refractivity contribution in [1.29, 1.82) is 0 Å². The normalized spacial score (nSPS) is 28.3. The van der Waals surface area contributed by atoms with Crippen LogP contribution in [-0.2, 0) is 11.8 Å². The number of carbonyl (C=O) groups is 1. The van der Waals surface area contributed by atoms with Crippen molar-refractivity contribution >= 4 is 5.78 Å². The van der Waals surface area contributed by atoms with Crippen molar-refractivity contribution < 1.29 is 4.79 Å². The number of nitrogens with zero attached hydrogens (tertiary/aromatic N) is 2. The van der Waals surface area contributed by atoms with E-state index < -0.39 is 0 Å². The van der Waals surface area contributed by atoms with Crippen molar-refractivity contribution in [3.05, 3.63) is 18.0 Å². The number of hydrogen-bond acceptors (Lipinski definition) is 2. The standard InChI is InChI=1S/C10H14N2O/c1-7-8(3-4-10(7)13)9-5-6-12(2)11-9/h5-8H,3-4H2,1-2H3. The summed E-state index contributed by atoms with van der Waals surface area (Å²) in [7, 11) is 1.91. The second kappa shape index (κ2) is 2.98. The third-order valence-corrected chi connectivity index (χ3v) is 2.93. The van der Waals surface area contributed by atoms with E-state index in [2.05, 4.69) is 5.10 Å². The Balaban J connectivity index is 2.23. The van der Waals surface area contributed by atoms with E-state index in [1.54, 1.807) is 4.68 Å². The maximum atomic E-state index is 11.3. The van der Waals surface area contributed by atoms with Crippen molar-refractivity contribution in [2.24, 2.45) is 13.0 Å². The van der Waals surface area contributed by atoms with E-state index in [0.29, 0.717) is 11.7 Å². The van der Waals surface area contributed by atoms with Gasteiger partial charge >= 0.3 is 0 Å². The average molecular weight is 178 g/mol. The van der Waals surface area contributed by atoms with Crippen LogP contribution in [0.4, 0.5) is 0 Å². The fourth-order valence-corrected chi connectivity index (χ4v) is 2.03. The molecule has 1 heterocycles. The minimum absolute atomic E-state index is 0.162. The van der Waals surface area contributed by atoms with Crippen molar-refractivity contribution in [2.75, 3.05) is 0 Å². The number of hydrogen-bond donors (Lipinski definition) is 0. The van der Waals surface area contributed by atoms with E-state index in [0.717, 1.165) is 18.5 Å². The molecule has 3 nitrogen and oxygen atoms in total. The molecule has 1 aromatic rings. The zero-order chi connectivity index (χ0) is 9.42. The Morgan fingerprint density at radius 1 is 1.62 bits per heavy atom. The van der Waals surface area contributed by atoms with Gasteiger partial charge in [0.05, 0.1) is 5.69 Å². The van der Waals surface area contributed by atoms with Crippen LogP contribution >= 0.6 is 0 Å². The molecule has 0 radical (unpaired) electrons. The summed E-state index contributed by atoms with van der Waals surface area (Å²) in [5, 5.41) is 4.34. The maximum absolute atomic E-state index is 11.3. The van der Waals surface area contributed by atoms with Crippen molar-refractivity contribution in [3.8, 4) is 0 Å². The third-order valence-electron chi connectivity index (χ3n) is 2.93. The molecule has 3 heteroatoms. The van der Waals surface area contributed by atoms with Gasteiger partial charge in [-0.15, -0.1) is 0 Å². The van der Waals surface area contributed by atoms with Crippen LogP contribution in [0.2, 0.25) is 0 Å². The van der Waals surface area contributed by atoms with Gasteiger partial charge in [0.1, 0.15) is 5.78 Å². The number of aryl methyl sites for hydroxylation is 1. The lowest BCUT2D eigenvalue weighted by Gasteiger charge is -2.10. The Morgan fingerprint density at radius 2 is 2.38 bits per heavy atom. The molecule has 2 unspecified atom stereocenters. The molecule has 2 atom stereocenters. The van der Waals surface area contributed by atoms with Gasteiger partial charge in [0.15, 0.2) is 0 Å². The maximum Gasteiger partial charge on any atom is 0.136 e. The lowest BCUT2D eigenvalue weighted by Crippen LogP contribution is -2.09. The highest BCUT2D eigenvalue weighted by Gasteiger charge is 2.33. The lowest BCUT2D eigenvalue weighted by molar-refractivity contribution is -0.120. The first-order chi connectivity index (χ1) is 6.18. The van der Waals surface area contributed by atoms with Crippen LogP contribution in [0.5, 0.6) is 0 Å². The fourth-order valence-electron chi connectivity index (χ4n) is 2.03. The highest BCUT2D eigenvalue weighted by atomic mass is 16.1. The van der Waals surface area contributed by atoms with Gasteiger partial charge in [0.25, 0.3) is 0 Å². The highest BCUT2D eigenvalue weighted by Crippen LogP contribution is 2.35. The van der Waals surface area contributed by atoms with Crippen LogP contribution in [0.25, 0.3) is 0 Å². The molecular formula is C10H14N2O. The minimum atomic E-state index is 0.162. The summed E-state index contributed by atoms with van der Waals surface area (Å²) in [4.78, 5) is 11.3. The first-order valence-electron chi connectivity index (χ1n) is 4.70. The number of carbonyl (C=O) groups excluding carboxylic acids is 1. The Kier molecular flexibility index (Phi) is 1.94. The first-order valence-corrected chi connectivity index (χ1v) is 4.70. The summed E-state index contributed by atoms with van der Waals surface area (Å²) < 4.78 is 1.80. The number of Topliss-reactive ketones (excluding diaryl/α,β-unsaturated/α-hetero) is 1. The largest absolute Gasteiger partial charge is 0.299 e. The van der Waals surface area contributed by atoms with Crippen molar-refractivity contribution in [2.45, 2.75) is 25.7 Å². The minimum Gasteiger partial charge on any atom is -0.299 e. The summed E-state index contributed by atoms with van der Waals surface area (Å²) in [5.41, 5.74) is 1.07. The summed E-state index contributed by atoms with van der Waals surface area (Å²) in [6.45, 7) is 2.01. The Morgan fingerprint density at radius 3 is 2.85 bits per heavy atom. The molecule has 2 rings (SSSR count). The van der Waals surface area contributed by atoms with Gasteiger partial charge in [0, 0.05) is 31.5 Å². The van der Waals surface area contributed by atoms with Crippen LogP contribution in [0, 0.1) is 5.92 Å².